The van der Waals surface area contributed by atoms with Crippen molar-refractivity contribution < 1.29 is 31.2 Å². The second-order valence-corrected chi connectivity index (χ2v) is 10.2. The molecule has 1 fully saturated rings. The third-order valence-electron chi connectivity index (χ3n) is 6.07. The Morgan fingerprint density at radius 1 is 1.00 bits per heavy atom. The normalized spacial score (nSPS) is 18.9. The molecule has 0 aliphatic carbocycles. The maximum absolute atomic E-state index is 13.4. The van der Waals surface area contributed by atoms with E-state index in [0.29, 0.717) is 36.6 Å². The van der Waals surface area contributed by atoms with E-state index < -0.39 is 10.1 Å². The summed E-state index contributed by atoms with van der Waals surface area (Å²) >= 11 is 0. The van der Waals surface area contributed by atoms with Gasteiger partial charge in [-0.25, -0.2) is 4.39 Å². The van der Waals surface area contributed by atoms with Gasteiger partial charge in [-0.05, 0) is 66.6 Å². The monoisotopic (exact) mass is 481 g/mol. The smallest absolute Gasteiger partial charge is 0.264 e. The molecule has 33 heavy (non-hydrogen) atoms. The molecule has 0 amide bonds. The minimum atomic E-state index is -3.51. The molecule has 7 nitrogen and oxygen atoms in total. The summed E-state index contributed by atoms with van der Waals surface area (Å²) in [7, 11) is 1.24. The van der Waals surface area contributed by atoms with Gasteiger partial charge in [0.25, 0.3) is 10.1 Å². The highest BCUT2D eigenvalue weighted by molar-refractivity contribution is 7.85. The number of rotatable bonds is 11. The molecule has 0 bridgehead atoms. The summed E-state index contributed by atoms with van der Waals surface area (Å²) in [4.78, 5) is 2.32. The first kappa shape index (κ1) is 25.3. The first-order valence-corrected chi connectivity index (χ1v) is 12.6. The molecule has 1 aliphatic rings. The van der Waals surface area contributed by atoms with E-state index in [1.54, 1.807) is 33.5 Å². The zero-order valence-corrected chi connectivity index (χ0v) is 20.4. The summed E-state index contributed by atoms with van der Waals surface area (Å²) in [6.45, 7) is 2.40. The highest BCUT2D eigenvalue weighted by Gasteiger charge is 2.38. The van der Waals surface area contributed by atoms with E-state index in [2.05, 4.69) is 4.90 Å². The molecule has 2 aromatic carbocycles. The van der Waals surface area contributed by atoms with Gasteiger partial charge in [-0.2, -0.15) is 8.42 Å². The van der Waals surface area contributed by atoms with Gasteiger partial charge < -0.3 is 14.2 Å². The molecule has 0 aromatic heterocycles. The SMILES string of the molecule is COc1cc(CN2CCC(CCOS(C)(=O)=O)(Cc3ccc(F)cc3)C2)cc(OC)c1OC. The summed E-state index contributed by atoms with van der Waals surface area (Å²) in [5.74, 6) is 1.48. The van der Waals surface area contributed by atoms with Crippen molar-refractivity contribution in [1.29, 1.82) is 0 Å². The second-order valence-electron chi connectivity index (χ2n) is 8.57. The molecule has 1 heterocycles. The summed E-state index contributed by atoms with van der Waals surface area (Å²) < 4.78 is 57.7. The fraction of sp³-hybridized carbons (Fsp3) is 0.500. The van der Waals surface area contributed by atoms with Crippen LogP contribution in [0.25, 0.3) is 0 Å². The van der Waals surface area contributed by atoms with Crippen LogP contribution in [0.15, 0.2) is 36.4 Å². The molecule has 0 radical (unpaired) electrons. The van der Waals surface area contributed by atoms with Crippen LogP contribution in [0.4, 0.5) is 4.39 Å². The van der Waals surface area contributed by atoms with Crippen molar-refractivity contribution in [1.82, 2.24) is 4.90 Å². The Morgan fingerprint density at radius 2 is 1.64 bits per heavy atom. The second kappa shape index (κ2) is 10.7. The van der Waals surface area contributed by atoms with Crippen molar-refractivity contribution in [3.8, 4) is 17.2 Å². The van der Waals surface area contributed by atoms with Gasteiger partial charge in [-0.3, -0.25) is 9.08 Å². The molecule has 0 spiro atoms. The van der Waals surface area contributed by atoms with E-state index in [-0.39, 0.29) is 17.8 Å². The number of ether oxygens (including phenoxy) is 3. The molecule has 9 heteroatoms. The van der Waals surface area contributed by atoms with Crippen LogP contribution in [0.1, 0.15) is 24.0 Å². The van der Waals surface area contributed by atoms with Gasteiger partial charge in [-0.15, -0.1) is 0 Å². The Bertz CT molecular complexity index is 1020. The number of likely N-dealkylation sites (tertiary alicyclic amines) is 1. The predicted molar refractivity (Wildman–Crippen MR) is 124 cm³/mol. The average Bonchev–Trinajstić information content (AvgIpc) is 3.15. The van der Waals surface area contributed by atoms with E-state index in [4.69, 9.17) is 18.4 Å². The van der Waals surface area contributed by atoms with Gasteiger partial charge in [0.2, 0.25) is 5.75 Å². The van der Waals surface area contributed by atoms with Crippen molar-refractivity contribution in [3.05, 3.63) is 53.3 Å². The van der Waals surface area contributed by atoms with Gasteiger partial charge in [0.05, 0.1) is 34.2 Å². The molecule has 1 unspecified atom stereocenters. The number of benzene rings is 2. The van der Waals surface area contributed by atoms with Crippen LogP contribution in [-0.2, 0) is 27.3 Å². The maximum atomic E-state index is 13.4. The third-order valence-corrected chi connectivity index (χ3v) is 6.67. The van der Waals surface area contributed by atoms with E-state index in [1.165, 1.54) is 12.1 Å². The molecule has 1 aliphatic heterocycles. The standard InChI is InChI=1S/C24H32FNO6S/c1-29-21-13-19(14-22(30-2)23(21)31-3)16-26-11-9-24(17-26,10-12-32-33(4,27)28)15-18-5-7-20(25)8-6-18/h5-8,13-14H,9-12,15-17H2,1-4H3. The van der Waals surface area contributed by atoms with Crippen LogP contribution in [0.2, 0.25) is 0 Å². The summed E-state index contributed by atoms with van der Waals surface area (Å²) in [5.41, 5.74) is 1.86. The van der Waals surface area contributed by atoms with Crippen LogP contribution >= 0.6 is 0 Å². The van der Waals surface area contributed by atoms with Crippen molar-refractivity contribution in [3.63, 3.8) is 0 Å². The molecule has 1 atom stereocenters. The number of methoxy groups -OCH3 is 3. The first-order valence-electron chi connectivity index (χ1n) is 10.8. The van der Waals surface area contributed by atoms with Gasteiger partial charge in [0.15, 0.2) is 11.5 Å². The summed E-state index contributed by atoms with van der Waals surface area (Å²) in [6.07, 6.45) is 3.24. The maximum Gasteiger partial charge on any atom is 0.264 e. The fourth-order valence-corrected chi connectivity index (χ4v) is 4.92. The Kier molecular flexibility index (Phi) is 8.20. The van der Waals surface area contributed by atoms with E-state index >= 15 is 0 Å². The Morgan fingerprint density at radius 3 is 2.18 bits per heavy atom. The van der Waals surface area contributed by atoms with Crippen molar-refractivity contribution >= 4 is 10.1 Å². The summed E-state index contributed by atoms with van der Waals surface area (Å²) in [5, 5.41) is 0. The molecule has 3 rings (SSSR count). The number of hydrogen-bond acceptors (Lipinski definition) is 7. The van der Waals surface area contributed by atoms with Crippen LogP contribution in [0.5, 0.6) is 17.2 Å². The highest BCUT2D eigenvalue weighted by atomic mass is 32.2. The number of nitrogens with zero attached hydrogens (tertiary/aromatic N) is 1. The molecular formula is C24H32FNO6S. The zero-order valence-electron chi connectivity index (χ0n) is 19.6. The van der Waals surface area contributed by atoms with Crippen LogP contribution < -0.4 is 14.2 Å². The lowest BCUT2D eigenvalue weighted by Crippen LogP contribution is -2.31. The molecule has 0 N–H and O–H groups in total. The van der Waals surface area contributed by atoms with E-state index in [9.17, 15) is 12.8 Å². The topological polar surface area (TPSA) is 74.3 Å². The Labute approximate surface area is 195 Å². The fourth-order valence-electron chi connectivity index (χ4n) is 4.53. The molecule has 0 saturated carbocycles. The van der Waals surface area contributed by atoms with Crippen LogP contribution in [0, 0.1) is 11.2 Å². The van der Waals surface area contributed by atoms with Gasteiger partial charge in [0.1, 0.15) is 5.82 Å². The lowest BCUT2D eigenvalue weighted by Gasteiger charge is -2.30. The largest absolute Gasteiger partial charge is 0.493 e. The van der Waals surface area contributed by atoms with Crippen LogP contribution in [-0.4, -0.2) is 60.6 Å². The van der Waals surface area contributed by atoms with E-state index in [0.717, 1.165) is 36.9 Å². The van der Waals surface area contributed by atoms with Crippen molar-refractivity contribution in [2.45, 2.75) is 25.8 Å². The zero-order chi connectivity index (χ0) is 24.1. The van der Waals surface area contributed by atoms with Gasteiger partial charge in [-0.1, -0.05) is 12.1 Å². The Hall–Kier alpha value is -2.36. The number of hydrogen-bond donors (Lipinski definition) is 0. The third kappa shape index (κ3) is 6.82. The van der Waals surface area contributed by atoms with Gasteiger partial charge in [0, 0.05) is 13.1 Å². The lowest BCUT2D eigenvalue weighted by molar-refractivity contribution is 0.190. The molecule has 1 saturated heterocycles. The molecule has 182 valence electrons. The van der Waals surface area contributed by atoms with Crippen molar-refractivity contribution in [2.24, 2.45) is 5.41 Å². The summed E-state index contributed by atoms with van der Waals surface area (Å²) in [6, 6.07) is 10.4. The lowest BCUT2D eigenvalue weighted by atomic mass is 9.78. The predicted octanol–water partition coefficient (Wildman–Crippen LogP) is 3.65. The average molecular weight is 482 g/mol. The highest BCUT2D eigenvalue weighted by Crippen LogP contribution is 2.41. The van der Waals surface area contributed by atoms with Crippen molar-refractivity contribution in [2.75, 3.05) is 47.3 Å². The number of halogens is 1. The van der Waals surface area contributed by atoms with E-state index in [1.807, 2.05) is 12.1 Å². The Balaban J connectivity index is 1.78. The molecular weight excluding hydrogens is 449 g/mol. The molecule has 2 aromatic rings. The minimum Gasteiger partial charge on any atom is -0.493 e. The quantitative estimate of drug-likeness (QED) is 0.454. The van der Waals surface area contributed by atoms with Gasteiger partial charge >= 0.3 is 0 Å². The van der Waals surface area contributed by atoms with Crippen LogP contribution in [0.3, 0.4) is 0 Å². The first-order chi connectivity index (χ1) is 15.7. The minimum absolute atomic E-state index is 0.123.